The van der Waals surface area contributed by atoms with Crippen molar-refractivity contribution in [1.29, 1.82) is 0 Å². The predicted octanol–water partition coefficient (Wildman–Crippen LogP) is 0.866. The number of hydrogen-bond acceptors (Lipinski definition) is 7. The monoisotopic (exact) mass is 318 g/mol. The smallest absolute Gasteiger partial charge is 0.305 e. The van der Waals surface area contributed by atoms with E-state index in [2.05, 4.69) is 0 Å². The Morgan fingerprint density at radius 2 is 1.36 bits per heavy atom. The summed E-state index contributed by atoms with van der Waals surface area (Å²) in [6, 6.07) is 0. The minimum absolute atomic E-state index is 0.0894. The largest absolute Gasteiger partial charge is 0.465 e. The number of aliphatic hydroxyl groups excluding tert-OH is 1. The summed E-state index contributed by atoms with van der Waals surface area (Å²) in [6.07, 6.45) is -1.02. The Morgan fingerprint density at radius 1 is 0.909 bits per heavy atom. The summed E-state index contributed by atoms with van der Waals surface area (Å²) >= 11 is 0. The molecule has 0 spiro atoms. The van der Waals surface area contributed by atoms with Crippen LogP contribution in [-0.4, -0.2) is 55.9 Å². The summed E-state index contributed by atoms with van der Waals surface area (Å²) in [4.78, 5) is 34.6. The highest BCUT2D eigenvalue weighted by Gasteiger charge is 2.44. The van der Waals surface area contributed by atoms with Gasteiger partial charge < -0.3 is 19.3 Å². The van der Waals surface area contributed by atoms with Gasteiger partial charge in [0.15, 0.2) is 5.78 Å². The van der Waals surface area contributed by atoms with Crippen molar-refractivity contribution in [3.8, 4) is 0 Å². The third-order valence-corrected chi connectivity index (χ3v) is 3.28. The average molecular weight is 318 g/mol. The van der Waals surface area contributed by atoms with Crippen molar-refractivity contribution < 1.29 is 33.7 Å². The number of aliphatic hydroxyl groups is 1. The van der Waals surface area contributed by atoms with Crippen molar-refractivity contribution in [3.05, 3.63) is 0 Å². The van der Waals surface area contributed by atoms with Crippen LogP contribution >= 0.6 is 0 Å². The van der Waals surface area contributed by atoms with Crippen molar-refractivity contribution in [2.45, 2.75) is 46.1 Å². The number of ether oxygens (including phenoxy) is 3. The Morgan fingerprint density at radius 3 is 1.68 bits per heavy atom. The number of esters is 2. The van der Waals surface area contributed by atoms with Crippen LogP contribution in [0.1, 0.15) is 40.0 Å². The van der Waals surface area contributed by atoms with Gasteiger partial charge in [0.25, 0.3) is 0 Å². The van der Waals surface area contributed by atoms with E-state index in [0.717, 1.165) is 0 Å². The van der Waals surface area contributed by atoms with E-state index in [1.54, 1.807) is 20.8 Å². The molecule has 22 heavy (non-hydrogen) atoms. The van der Waals surface area contributed by atoms with Crippen LogP contribution in [0.5, 0.6) is 0 Å². The van der Waals surface area contributed by atoms with Crippen molar-refractivity contribution >= 4 is 17.7 Å². The van der Waals surface area contributed by atoms with Gasteiger partial charge in [-0.25, -0.2) is 0 Å². The molecule has 0 aliphatic carbocycles. The first-order valence-corrected chi connectivity index (χ1v) is 7.37. The fourth-order valence-electron chi connectivity index (χ4n) is 1.84. The van der Waals surface area contributed by atoms with Gasteiger partial charge in [0.1, 0.15) is 19.3 Å². The minimum Gasteiger partial charge on any atom is -0.465 e. The van der Waals surface area contributed by atoms with Gasteiger partial charge in [-0.2, -0.15) is 0 Å². The molecule has 0 rings (SSSR count). The van der Waals surface area contributed by atoms with Crippen molar-refractivity contribution in [2.75, 3.05) is 26.9 Å². The van der Waals surface area contributed by atoms with Crippen molar-refractivity contribution in [3.63, 3.8) is 0 Å². The minimum atomic E-state index is -1.45. The molecular formula is C15H26O7. The molecule has 128 valence electrons. The lowest BCUT2D eigenvalue weighted by Gasteiger charge is -2.35. The number of ketones is 1. The molecule has 1 atom stereocenters. The average Bonchev–Trinajstić information content (AvgIpc) is 2.55. The Hall–Kier alpha value is -1.47. The van der Waals surface area contributed by atoms with Crippen LogP contribution in [0.4, 0.5) is 0 Å². The van der Waals surface area contributed by atoms with Gasteiger partial charge in [0.05, 0.1) is 12.0 Å². The standard InChI is InChI=1S/C15H26O7/c1-5-11(16)14(19)15(8-20-4,9-21-12(17)6-2)10-22-13(18)7-3/h14,19H,5-10H2,1-4H3. The molecule has 1 unspecified atom stereocenters. The molecule has 0 heterocycles. The summed E-state index contributed by atoms with van der Waals surface area (Å²) in [6.45, 7) is 4.25. The number of hydrogen-bond donors (Lipinski definition) is 1. The van der Waals surface area contributed by atoms with Crippen LogP contribution in [0.3, 0.4) is 0 Å². The van der Waals surface area contributed by atoms with Crippen LogP contribution in [0.15, 0.2) is 0 Å². The van der Waals surface area contributed by atoms with Gasteiger partial charge in [0, 0.05) is 26.4 Å². The van der Waals surface area contributed by atoms with E-state index >= 15 is 0 Å². The molecule has 0 radical (unpaired) electrons. The lowest BCUT2D eigenvalue weighted by atomic mass is 9.81. The number of Topliss-reactive ketones (excluding diaryl/α,β-unsaturated/α-hetero) is 1. The van der Waals surface area contributed by atoms with Gasteiger partial charge in [-0.3, -0.25) is 14.4 Å². The number of carbonyl (C=O) groups excluding carboxylic acids is 3. The summed E-state index contributed by atoms with van der Waals surface area (Å²) in [5, 5.41) is 10.3. The van der Waals surface area contributed by atoms with Gasteiger partial charge >= 0.3 is 11.9 Å². The summed E-state index contributed by atoms with van der Waals surface area (Å²) in [5.74, 6) is -1.38. The van der Waals surface area contributed by atoms with Crippen molar-refractivity contribution in [1.82, 2.24) is 0 Å². The Balaban J connectivity index is 5.27. The van der Waals surface area contributed by atoms with E-state index in [4.69, 9.17) is 14.2 Å². The van der Waals surface area contributed by atoms with E-state index in [0.29, 0.717) is 0 Å². The first kappa shape index (κ1) is 20.5. The summed E-state index contributed by atoms with van der Waals surface area (Å²) in [7, 11) is 1.39. The molecule has 0 aromatic rings. The van der Waals surface area contributed by atoms with Crippen LogP contribution < -0.4 is 0 Å². The van der Waals surface area contributed by atoms with E-state index in [1.165, 1.54) is 7.11 Å². The highest BCUT2D eigenvalue weighted by Crippen LogP contribution is 2.26. The molecule has 0 aromatic carbocycles. The molecule has 7 nitrogen and oxygen atoms in total. The maximum Gasteiger partial charge on any atom is 0.305 e. The molecule has 0 aromatic heterocycles. The highest BCUT2D eigenvalue weighted by atomic mass is 16.6. The van der Waals surface area contributed by atoms with Crippen LogP contribution in [-0.2, 0) is 28.6 Å². The predicted molar refractivity (Wildman–Crippen MR) is 78.1 cm³/mol. The van der Waals surface area contributed by atoms with Gasteiger partial charge in [-0.05, 0) is 0 Å². The molecule has 7 heteroatoms. The molecule has 0 amide bonds. The van der Waals surface area contributed by atoms with E-state index in [1.807, 2.05) is 0 Å². The van der Waals surface area contributed by atoms with Gasteiger partial charge in [-0.1, -0.05) is 20.8 Å². The van der Waals surface area contributed by atoms with Gasteiger partial charge in [-0.15, -0.1) is 0 Å². The van der Waals surface area contributed by atoms with Crippen LogP contribution in [0, 0.1) is 5.41 Å². The molecule has 0 aliphatic heterocycles. The quantitative estimate of drug-likeness (QED) is 0.564. The Kier molecular flexibility index (Phi) is 9.60. The first-order valence-electron chi connectivity index (χ1n) is 7.37. The highest BCUT2D eigenvalue weighted by molar-refractivity contribution is 5.83. The molecular weight excluding hydrogens is 292 g/mol. The number of methoxy groups -OCH3 is 1. The normalized spacial score (nSPS) is 12.6. The van der Waals surface area contributed by atoms with E-state index in [9.17, 15) is 19.5 Å². The topological polar surface area (TPSA) is 99.1 Å². The SMILES string of the molecule is CCC(=O)OCC(COC)(COC(=O)CC)C(O)C(=O)CC. The van der Waals surface area contributed by atoms with E-state index in [-0.39, 0.29) is 39.1 Å². The third kappa shape index (κ3) is 6.11. The first-order chi connectivity index (χ1) is 10.4. The molecule has 0 aliphatic rings. The number of rotatable bonds is 11. The molecule has 0 saturated heterocycles. The zero-order valence-electron chi connectivity index (χ0n) is 13.7. The third-order valence-electron chi connectivity index (χ3n) is 3.28. The fourth-order valence-corrected chi connectivity index (χ4v) is 1.84. The maximum atomic E-state index is 11.9. The molecule has 0 saturated carbocycles. The van der Waals surface area contributed by atoms with E-state index < -0.39 is 29.2 Å². The second kappa shape index (κ2) is 10.3. The maximum absolute atomic E-state index is 11.9. The Labute approximate surface area is 130 Å². The second-order valence-electron chi connectivity index (χ2n) is 5.05. The van der Waals surface area contributed by atoms with Crippen molar-refractivity contribution in [2.24, 2.45) is 5.41 Å². The summed E-state index contributed by atoms with van der Waals surface area (Å²) < 4.78 is 15.2. The van der Waals surface area contributed by atoms with Crippen LogP contribution in [0.25, 0.3) is 0 Å². The Bertz CT molecular complexity index is 358. The zero-order valence-corrected chi connectivity index (χ0v) is 13.7. The molecule has 1 N–H and O–H groups in total. The zero-order chi connectivity index (χ0) is 17.2. The molecule has 0 fully saturated rings. The lowest BCUT2D eigenvalue weighted by Crippen LogP contribution is -2.51. The fraction of sp³-hybridized carbons (Fsp3) is 0.800. The lowest BCUT2D eigenvalue weighted by molar-refractivity contribution is -0.171. The number of carbonyl (C=O) groups is 3. The second-order valence-corrected chi connectivity index (χ2v) is 5.05. The summed E-state index contributed by atoms with van der Waals surface area (Å²) in [5.41, 5.74) is -1.31. The van der Waals surface area contributed by atoms with Crippen LogP contribution in [0.2, 0.25) is 0 Å². The molecule has 0 bridgehead atoms. The van der Waals surface area contributed by atoms with Gasteiger partial charge in [0.2, 0.25) is 0 Å².